The summed E-state index contributed by atoms with van der Waals surface area (Å²) < 4.78 is 11.4. The Kier molecular flexibility index (Phi) is 4.98. The smallest absolute Gasteiger partial charge is 0.336 e. The van der Waals surface area contributed by atoms with E-state index in [4.69, 9.17) is 8.83 Å². The Morgan fingerprint density at radius 1 is 1.10 bits per heavy atom. The second kappa shape index (κ2) is 7.39. The van der Waals surface area contributed by atoms with Gasteiger partial charge in [-0.3, -0.25) is 4.79 Å². The molecule has 6 nitrogen and oxygen atoms in total. The van der Waals surface area contributed by atoms with Crippen molar-refractivity contribution in [2.75, 3.05) is 0 Å². The fourth-order valence-electron chi connectivity index (χ4n) is 3.70. The molecule has 2 N–H and O–H groups in total. The molecule has 0 aliphatic carbocycles. The minimum absolute atomic E-state index is 0.0263. The van der Waals surface area contributed by atoms with Gasteiger partial charge in [0.25, 0.3) is 0 Å². The summed E-state index contributed by atoms with van der Waals surface area (Å²) >= 11 is 0. The molecule has 0 spiro atoms. The van der Waals surface area contributed by atoms with E-state index in [1.165, 1.54) is 6.07 Å². The van der Waals surface area contributed by atoms with Gasteiger partial charge in [-0.15, -0.1) is 0 Å². The van der Waals surface area contributed by atoms with Gasteiger partial charge < -0.3 is 19.0 Å². The third kappa shape index (κ3) is 3.43. The predicted octanol–water partition coefficient (Wildman–Crippen LogP) is 5.37. The van der Waals surface area contributed by atoms with Crippen LogP contribution in [0, 0.1) is 5.92 Å². The summed E-state index contributed by atoms with van der Waals surface area (Å²) in [6.45, 7) is 6.76. The molecule has 2 aromatic heterocycles. The van der Waals surface area contributed by atoms with Crippen LogP contribution < -0.4 is 5.63 Å². The largest absolute Gasteiger partial charge is 0.506 e. The van der Waals surface area contributed by atoms with E-state index in [2.05, 4.69) is 0 Å². The molecule has 0 saturated carbocycles. The Hall–Kier alpha value is -3.38. The molecule has 2 heterocycles. The van der Waals surface area contributed by atoms with E-state index in [0.29, 0.717) is 22.9 Å². The van der Waals surface area contributed by atoms with Crippen molar-refractivity contribution < 1.29 is 23.8 Å². The number of phenolic OH excluding ortho intramolecular Hbond substituents is 1. The first-order valence-electron chi connectivity index (χ1n) is 10.2. The molecule has 2 aromatic carbocycles. The van der Waals surface area contributed by atoms with E-state index in [9.17, 15) is 19.8 Å². The zero-order valence-corrected chi connectivity index (χ0v) is 17.9. The summed E-state index contributed by atoms with van der Waals surface area (Å²) in [5, 5.41) is 22.4. The van der Waals surface area contributed by atoms with Crippen molar-refractivity contribution in [3.8, 4) is 16.9 Å². The molecule has 0 unspecified atom stereocenters. The van der Waals surface area contributed by atoms with Crippen LogP contribution in [0.1, 0.15) is 50.2 Å². The summed E-state index contributed by atoms with van der Waals surface area (Å²) in [4.78, 5) is 25.7. The molecule has 1 atom stereocenters. The molecular weight excluding hydrogens is 396 g/mol. The van der Waals surface area contributed by atoms with Crippen molar-refractivity contribution in [3.05, 3.63) is 64.2 Å². The number of ketones is 1. The molecule has 31 heavy (non-hydrogen) atoms. The summed E-state index contributed by atoms with van der Waals surface area (Å²) in [6, 6.07) is 12.0. The Morgan fingerprint density at radius 3 is 2.39 bits per heavy atom. The molecule has 0 bridgehead atoms. The zero-order valence-electron chi connectivity index (χ0n) is 17.9. The molecule has 0 fully saturated rings. The van der Waals surface area contributed by atoms with Crippen molar-refractivity contribution in [1.29, 1.82) is 0 Å². The fourth-order valence-corrected chi connectivity index (χ4v) is 3.70. The van der Waals surface area contributed by atoms with Gasteiger partial charge in [0.2, 0.25) is 0 Å². The van der Waals surface area contributed by atoms with E-state index < -0.39 is 11.2 Å². The highest BCUT2D eigenvalue weighted by Crippen LogP contribution is 2.44. The van der Waals surface area contributed by atoms with E-state index in [-0.39, 0.29) is 45.3 Å². The number of aromatic hydroxyl groups is 1. The first-order chi connectivity index (χ1) is 14.6. The van der Waals surface area contributed by atoms with E-state index in [0.717, 1.165) is 0 Å². The maximum Gasteiger partial charge on any atom is 0.336 e. The van der Waals surface area contributed by atoms with Crippen LogP contribution in [0.3, 0.4) is 0 Å². The van der Waals surface area contributed by atoms with Gasteiger partial charge in [-0.25, -0.2) is 4.79 Å². The average Bonchev–Trinajstić information content (AvgIpc) is 3.19. The molecule has 4 rings (SSSR count). The maximum atomic E-state index is 13.3. The number of carbonyl (C=O) groups is 1. The van der Waals surface area contributed by atoms with Gasteiger partial charge in [-0.05, 0) is 31.9 Å². The second-order valence-corrected chi connectivity index (χ2v) is 8.36. The molecule has 160 valence electrons. The van der Waals surface area contributed by atoms with Gasteiger partial charge in [0.15, 0.2) is 16.9 Å². The Bertz CT molecular complexity index is 1350. The number of carbonyl (C=O) groups excluding carboxylic acids is 1. The number of rotatable bonds is 5. The van der Waals surface area contributed by atoms with Crippen LogP contribution in [0.4, 0.5) is 0 Å². The molecule has 0 radical (unpaired) electrons. The monoisotopic (exact) mass is 420 g/mol. The van der Waals surface area contributed by atoms with Gasteiger partial charge in [-0.2, -0.15) is 0 Å². The number of Topliss-reactive ketones (excluding diaryl/α,β-unsaturated/α-hetero) is 1. The molecule has 0 amide bonds. The lowest BCUT2D eigenvalue weighted by Gasteiger charge is -2.14. The maximum absolute atomic E-state index is 13.3. The number of furan rings is 1. The van der Waals surface area contributed by atoms with E-state index in [1.54, 1.807) is 26.8 Å². The molecular formula is C25H24O6. The van der Waals surface area contributed by atoms with Crippen LogP contribution in [-0.4, -0.2) is 16.0 Å². The number of aliphatic hydroxyl groups is 1. The summed E-state index contributed by atoms with van der Waals surface area (Å²) in [6.07, 6.45) is 0.576. The summed E-state index contributed by atoms with van der Waals surface area (Å²) in [5.41, 5.74) is -0.551. The lowest BCUT2D eigenvalue weighted by atomic mass is 9.91. The molecule has 4 aromatic rings. The van der Waals surface area contributed by atoms with Crippen LogP contribution in [-0.2, 0) is 5.60 Å². The van der Waals surface area contributed by atoms with Crippen molar-refractivity contribution >= 4 is 27.7 Å². The van der Waals surface area contributed by atoms with Gasteiger partial charge in [-0.1, -0.05) is 44.2 Å². The quantitative estimate of drug-likeness (QED) is 0.333. The van der Waals surface area contributed by atoms with Crippen molar-refractivity contribution in [1.82, 2.24) is 0 Å². The minimum atomic E-state index is -1.34. The standard InChI is InChI=1S/C25H24O6/c1-5-13(2)21(27)20-22(28)19-15(14-9-7-6-8-10-14)12-18(26)31-23(19)16-11-17(25(3,4)29)30-24(16)20/h6-13,28-29H,5H2,1-4H3/t13-/m0/s1. The minimum Gasteiger partial charge on any atom is -0.506 e. The Labute approximate surface area is 178 Å². The highest BCUT2D eigenvalue weighted by atomic mass is 16.4. The molecule has 0 aliphatic rings. The van der Waals surface area contributed by atoms with Crippen LogP contribution in [0.25, 0.3) is 33.1 Å². The van der Waals surface area contributed by atoms with Gasteiger partial charge in [0.05, 0.1) is 10.8 Å². The van der Waals surface area contributed by atoms with Crippen LogP contribution in [0.2, 0.25) is 0 Å². The fraction of sp³-hybridized carbons (Fsp3) is 0.280. The summed E-state index contributed by atoms with van der Waals surface area (Å²) in [5.74, 6) is -0.751. The van der Waals surface area contributed by atoms with Crippen molar-refractivity contribution in [2.45, 2.75) is 39.7 Å². The highest BCUT2D eigenvalue weighted by molar-refractivity contribution is 6.20. The SMILES string of the molecule is CC[C@H](C)C(=O)c1c(O)c2c(-c3ccccc3)cc(=O)oc2c2cc(C(C)(C)O)oc12. The lowest BCUT2D eigenvalue weighted by molar-refractivity contribution is 0.0557. The topological polar surface area (TPSA) is 101 Å². The third-order valence-corrected chi connectivity index (χ3v) is 5.63. The second-order valence-electron chi connectivity index (χ2n) is 8.36. The first-order valence-corrected chi connectivity index (χ1v) is 10.2. The van der Waals surface area contributed by atoms with Crippen LogP contribution in [0.5, 0.6) is 5.75 Å². The normalized spacial score (nSPS) is 13.1. The van der Waals surface area contributed by atoms with Gasteiger partial charge in [0, 0.05) is 17.5 Å². The summed E-state index contributed by atoms with van der Waals surface area (Å²) in [7, 11) is 0. The van der Waals surface area contributed by atoms with Gasteiger partial charge >= 0.3 is 5.63 Å². The van der Waals surface area contributed by atoms with E-state index >= 15 is 0 Å². The van der Waals surface area contributed by atoms with Crippen LogP contribution in [0.15, 0.2) is 56.1 Å². The van der Waals surface area contributed by atoms with E-state index in [1.807, 2.05) is 37.3 Å². The molecule has 0 aliphatic heterocycles. The number of fused-ring (bicyclic) bond motifs is 3. The predicted molar refractivity (Wildman–Crippen MR) is 118 cm³/mol. The average molecular weight is 420 g/mol. The number of hydrogen-bond donors (Lipinski definition) is 2. The number of hydrogen-bond acceptors (Lipinski definition) is 6. The zero-order chi connectivity index (χ0) is 22.5. The lowest BCUT2D eigenvalue weighted by Crippen LogP contribution is -2.14. The molecule has 6 heteroatoms. The highest BCUT2D eigenvalue weighted by Gasteiger charge is 2.31. The third-order valence-electron chi connectivity index (χ3n) is 5.63. The van der Waals surface area contributed by atoms with Crippen molar-refractivity contribution in [2.24, 2.45) is 5.92 Å². The Balaban J connectivity index is 2.23. The van der Waals surface area contributed by atoms with Crippen molar-refractivity contribution in [3.63, 3.8) is 0 Å². The Morgan fingerprint density at radius 2 is 1.77 bits per heavy atom. The van der Waals surface area contributed by atoms with Crippen LogP contribution >= 0.6 is 0 Å². The first kappa shape index (κ1) is 20.9. The number of benzene rings is 2. The van der Waals surface area contributed by atoms with Gasteiger partial charge in [0.1, 0.15) is 22.7 Å². The number of phenols is 1. The molecule has 0 saturated heterocycles.